The molecular formula is C25H31N3O3S2. The van der Waals surface area contributed by atoms with E-state index in [0.717, 1.165) is 46.9 Å². The molecule has 8 heteroatoms. The van der Waals surface area contributed by atoms with E-state index in [9.17, 15) is 8.42 Å². The summed E-state index contributed by atoms with van der Waals surface area (Å²) in [7, 11) is -3.44. The molecule has 6 nitrogen and oxygen atoms in total. The summed E-state index contributed by atoms with van der Waals surface area (Å²) in [5.74, 6) is 1.42. The monoisotopic (exact) mass is 485 g/mol. The van der Waals surface area contributed by atoms with Crippen molar-refractivity contribution in [3.05, 3.63) is 58.7 Å². The lowest BCUT2D eigenvalue weighted by Crippen LogP contribution is -2.37. The highest BCUT2D eigenvalue weighted by Crippen LogP contribution is 2.27. The zero-order chi connectivity index (χ0) is 23.4. The van der Waals surface area contributed by atoms with E-state index in [1.165, 1.54) is 0 Å². The van der Waals surface area contributed by atoms with E-state index in [1.54, 1.807) is 27.8 Å². The summed E-state index contributed by atoms with van der Waals surface area (Å²) in [6, 6.07) is 15.0. The van der Waals surface area contributed by atoms with Crippen molar-refractivity contribution >= 4 is 27.0 Å². The first kappa shape index (κ1) is 23.7. The van der Waals surface area contributed by atoms with Crippen molar-refractivity contribution < 1.29 is 13.2 Å². The summed E-state index contributed by atoms with van der Waals surface area (Å²) in [5, 5.41) is 2.08. The molecule has 1 aromatic heterocycles. The second kappa shape index (κ2) is 10.2. The Labute approximate surface area is 200 Å². The summed E-state index contributed by atoms with van der Waals surface area (Å²) in [4.78, 5) is 6.07. The second-order valence-electron chi connectivity index (χ2n) is 8.30. The summed E-state index contributed by atoms with van der Waals surface area (Å²) in [6.45, 7) is 8.83. The first-order valence-electron chi connectivity index (χ1n) is 11.5. The average Bonchev–Trinajstić information content (AvgIpc) is 3.23. The number of thiazole rings is 1. The third-order valence-corrected chi connectivity index (χ3v) is 8.79. The number of benzene rings is 2. The Morgan fingerprint density at radius 3 is 2.30 bits per heavy atom. The van der Waals surface area contributed by atoms with E-state index in [0.29, 0.717) is 30.5 Å². The maximum atomic E-state index is 13.0. The largest absolute Gasteiger partial charge is 0.494 e. The van der Waals surface area contributed by atoms with Crippen LogP contribution in [-0.2, 0) is 16.6 Å². The van der Waals surface area contributed by atoms with E-state index in [-0.39, 0.29) is 0 Å². The number of sulfonamides is 1. The number of aromatic nitrogens is 1. The Balaban J connectivity index is 1.59. The highest BCUT2D eigenvalue weighted by Gasteiger charge is 2.28. The molecule has 0 aliphatic carbocycles. The molecule has 1 aliphatic heterocycles. The molecule has 33 heavy (non-hydrogen) atoms. The van der Waals surface area contributed by atoms with Gasteiger partial charge in [-0.05, 0) is 74.6 Å². The van der Waals surface area contributed by atoms with Crippen LogP contribution >= 0.6 is 11.3 Å². The van der Waals surface area contributed by atoms with Crippen molar-refractivity contribution in [1.29, 1.82) is 0 Å². The molecule has 2 heterocycles. The van der Waals surface area contributed by atoms with E-state index >= 15 is 0 Å². The number of ether oxygens (including phenoxy) is 1. The zero-order valence-electron chi connectivity index (χ0n) is 19.4. The second-order valence-corrected chi connectivity index (χ2v) is 11.1. The summed E-state index contributed by atoms with van der Waals surface area (Å²) < 4.78 is 35.3. The third-order valence-electron chi connectivity index (χ3n) is 6.02. The lowest BCUT2D eigenvalue weighted by molar-refractivity contribution is 0.288. The highest BCUT2D eigenvalue weighted by atomic mass is 32.2. The normalized spacial score (nSPS) is 16.3. The van der Waals surface area contributed by atoms with Gasteiger partial charge < -0.3 is 9.30 Å². The molecule has 1 aliphatic rings. The molecule has 1 saturated heterocycles. The minimum absolute atomic E-state index is 0.360. The first-order chi connectivity index (χ1) is 15.9. The van der Waals surface area contributed by atoms with Gasteiger partial charge in [0.1, 0.15) is 5.75 Å². The molecule has 0 saturated carbocycles. The van der Waals surface area contributed by atoms with E-state index < -0.39 is 10.0 Å². The number of nitrogens with zero attached hydrogens (tertiary/aromatic N) is 3. The Bertz CT molecular complexity index is 1240. The molecule has 4 rings (SSSR count). The van der Waals surface area contributed by atoms with E-state index in [1.807, 2.05) is 43.3 Å². The van der Waals surface area contributed by atoms with Gasteiger partial charge in [0.25, 0.3) is 0 Å². The Kier molecular flexibility index (Phi) is 7.36. The van der Waals surface area contributed by atoms with Crippen molar-refractivity contribution in [1.82, 2.24) is 8.87 Å². The van der Waals surface area contributed by atoms with Gasteiger partial charge >= 0.3 is 0 Å². The van der Waals surface area contributed by atoms with Gasteiger partial charge in [-0.3, -0.25) is 0 Å². The van der Waals surface area contributed by atoms with Crippen molar-refractivity contribution in [2.45, 2.75) is 45.1 Å². The highest BCUT2D eigenvalue weighted by molar-refractivity contribution is 7.89. The van der Waals surface area contributed by atoms with Gasteiger partial charge in [0.15, 0.2) is 4.80 Å². The molecule has 0 atom stereocenters. The zero-order valence-corrected chi connectivity index (χ0v) is 21.0. The van der Waals surface area contributed by atoms with Crippen molar-refractivity contribution in [3.63, 3.8) is 0 Å². The minimum atomic E-state index is -3.44. The van der Waals surface area contributed by atoms with E-state index in [2.05, 4.69) is 23.8 Å². The molecule has 176 valence electrons. The van der Waals surface area contributed by atoms with Gasteiger partial charge in [0, 0.05) is 25.0 Å². The summed E-state index contributed by atoms with van der Waals surface area (Å²) in [5.41, 5.74) is 2.88. The van der Waals surface area contributed by atoms with Crippen LogP contribution in [0.2, 0.25) is 0 Å². The van der Waals surface area contributed by atoms with Gasteiger partial charge in [-0.15, -0.1) is 11.3 Å². The fourth-order valence-electron chi connectivity index (χ4n) is 4.02. The molecule has 0 bridgehead atoms. The average molecular weight is 486 g/mol. The summed E-state index contributed by atoms with van der Waals surface area (Å²) >= 11 is 1.58. The van der Waals surface area contributed by atoms with Crippen molar-refractivity contribution in [2.75, 3.05) is 19.7 Å². The first-order valence-corrected chi connectivity index (χ1v) is 13.8. The quantitative estimate of drug-likeness (QED) is 0.457. The third kappa shape index (κ3) is 5.23. The topological polar surface area (TPSA) is 63.9 Å². The number of hydrogen-bond donors (Lipinski definition) is 0. The maximum absolute atomic E-state index is 13.0. The van der Waals surface area contributed by atoms with E-state index in [4.69, 9.17) is 9.73 Å². The predicted molar refractivity (Wildman–Crippen MR) is 133 cm³/mol. The van der Waals surface area contributed by atoms with Crippen LogP contribution in [0.4, 0.5) is 5.69 Å². The molecule has 3 aromatic rings. The molecule has 0 spiro atoms. The molecule has 1 fully saturated rings. The predicted octanol–water partition coefficient (Wildman–Crippen LogP) is 5.29. The van der Waals surface area contributed by atoms with Crippen LogP contribution in [0.25, 0.3) is 11.3 Å². The molecular weight excluding hydrogens is 454 g/mol. The standard InChI is InChI=1S/C25H31N3O3S2/c1-4-28-24(18-32-25(28)26-21-8-10-22(11-9-21)31-5-2)20-6-12-23(13-7-20)33(29,30)27-16-14-19(3)15-17-27/h6-13,18-19H,4-5,14-17H2,1-3H3. The Morgan fingerprint density at radius 2 is 1.70 bits per heavy atom. The van der Waals surface area contributed by atoms with Gasteiger partial charge in [-0.1, -0.05) is 19.1 Å². The van der Waals surface area contributed by atoms with Gasteiger partial charge in [0.2, 0.25) is 10.0 Å². The molecule has 2 aromatic carbocycles. The lowest BCUT2D eigenvalue weighted by Gasteiger charge is -2.29. The van der Waals surface area contributed by atoms with Crippen LogP contribution in [0.3, 0.4) is 0 Å². The van der Waals surface area contributed by atoms with Crippen LogP contribution in [0.5, 0.6) is 5.75 Å². The fourth-order valence-corrected chi connectivity index (χ4v) is 6.48. The van der Waals surface area contributed by atoms with Crippen LogP contribution in [0, 0.1) is 5.92 Å². The Morgan fingerprint density at radius 1 is 1.03 bits per heavy atom. The number of hydrogen-bond acceptors (Lipinski definition) is 5. The number of rotatable bonds is 7. The summed E-state index contributed by atoms with van der Waals surface area (Å²) in [6.07, 6.45) is 1.84. The minimum Gasteiger partial charge on any atom is -0.494 e. The lowest BCUT2D eigenvalue weighted by atomic mass is 10.0. The number of piperidine rings is 1. The molecule has 0 radical (unpaired) electrons. The van der Waals surface area contributed by atoms with Crippen LogP contribution < -0.4 is 9.54 Å². The van der Waals surface area contributed by atoms with Gasteiger partial charge in [-0.2, -0.15) is 4.31 Å². The van der Waals surface area contributed by atoms with Crippen molar-refractivity contribution in [3.8, 4) is 17.0 Å². The Hall–Kier alpha value is -2.42. The molecule has 0 unspecified atom stereocenters. The molecule has 0 amide bonds. The van der Waals surface area contributed by atoms with Crippen molar-refractivity contribution in [2.24, 2.45) is 10.9 Å². The SMILES string of the molecule is CCOc1ccc(N=c2scc(-c3ccc(S(=O)(=O)N4CCC(C)CC4)cc3)n2CC)cc1. The van der Waals surface area contributed by atoms with Gasteiger partial charge in [0.05, 0.1) is 22.9 Å². The fraction of sp³-hybridized carbons (Fsp3) is 0.400. The smallest absolute Gasteiger partial charge is 0.243 e. The van der Waals surface area contributed by atoms with Crippen LogP contribution in [0.15, 0.2) is 63.8 Å². The van der Waals surface area contributed by atoms with Crippen LogP contribution in [-0.4, -0.2) is 37.0 Å². The van der Waals surface area contributed by atoms with Crippen LogP contribution in [0.1, 0.15) is 33.6 Å². The maximum Gasteiger partial charge on any atom is 0.243 e. The molecule has 0 N–H and O–H groups in total. The van der Waals surface area contributed by atoms with Gasteiger partial charge in [-0.25, -0.2) is 13.4 Å².